The molecule has 0 heterocycles. The number of methoxy groups -OCH3 is 1. The molecular weight excluding hydrogens is 276 g/mol. The minimum Gasteiger partial charge on any atom is -0.496 e. The topological polar surface area (TPSA) is 58.6 Å². The third kappa shape index (κ3) is 5.90. The van der Waals surface area contributed by atoms with E-state index in [1.54, 1.807) is 7.11 Å². The zero-order valence-electron chi connectivity index (χ0n) is 12.6. The number of nitrogens with zero attached hydrogens (tertiary/aromatic N) is 1. The quantitative estimate of drug-likeness (QED) is 0.773. The van der Waals surface area contributed by atoms with E-state index < -0.39 is 9.84 Å². The van der Waals surface area contributed by atoms with Crippen molar-refractivity contribution in [1.82, 2.24) is 10.2 Å². The number of rotatable bonds is 8. The number of hydrogen-bond donors (Lipinski definition) is 1. The van der Waals surface area contributed by atoms with E-state index in [-0.39, 0.29) is 5.75 Å². The lowest BCUT2D eigenvalue weighted by Crippen LogP contribution is -2.25. The molecule has 0 saturated heterocycles. The Morgan fingerprint density at radius 2 is 2.05 bits per heavy atom. The molecule has 6 heteroatoms. The molecule has 0 aliphatic rings. The van der Waals surface area contributed by atoms with Crippen LogP contribution in [0.3, 0.4) is 0 Å². The molecule has 5 nitrogen and oxygen atoms in total. The van der Waals surface area contributed by atoms with E-state index in [2.05, 4.69) is 11.4 Å². The largest absolute Gasteiger partial charge is 0.496 e. The second kappa shape index (κ2) is 7.61. The molecule has 0 aliphatic heterocycles. The maximum Gasteiger partial charge on any atom is 0.148 e. The Kier molecular flexibility index (Phi) is 6.45. The molecule has 114 valence electrons. The van der Waals surface area contributed by atoms with Gasteiger partial charge in [0.1, 0.15) is 15.6 Å². The van der Waals surface area contributed by atoms with E-state index in [0.717, 1.165) is 17.9 Å². The van der Waals surface area contributed by atoms with Crippen LogP contribution in [0.2, 0.25) is 0 Å². The lowest BCUT2D eigenvalue weighted by Gasteiger charge is -2.18. The summed E-state index contributed by atoms with van der Waals surface area (Å²) >= 11 is 0. The van der Waals surface area contributed by atoms with Crippen LogP contribution in [0.25, 0.3) is 0 Å². The Labute approximate surface area is 121 Å². The van der Waals surface area contributed by atoms with Crippen LogP contribution in [-0.4, -0.2) is 53.1 Å². The van der Waals surface area contributed by atoms with Gasteiger partial charge in [0.2, 0.25) is 0 Å². The van der Waals surface area contributed by atoms with Crippen molar-refractivity contribution < 1.29 is 13.2 Å². The van der Waals surface area contributed by atoms with Gasteiger partial charge in [-0.25, -0.2) is 8.42 Å². The first-order chi connectivity index (χ1) is 9.35. The monoisotopic (exact) mass is 300 g/mol. The van der Waals surface area contributed by atoms with Crippen molar-refractivity contribution in [2.45, 2.75) is 13.1 Å². The first-order valence-electron chi connectivity index (χ1n) is 6.52. The summed E-state index contributed by atoms with van der Waals surface area (Å²) in [5.41, 5.74) is 2.25. The number of hydrogen-bond acceptors (Lipinski definition) is 5. The fourth-order valence-corrected chi connectivity index (χ4v) is 2.60. The molecule has 1 N–H and O–H groups in total. The summed E-state index contributed by atoms with van der Waals surface area (Å²) in [5.74, 6) is 0.998. The molecule has 0 amide bonds. The lowest BCUT2D eigenvalue weighted by molar-refractivity contribution is 0.333. The van der Waals surface area contributed by atoms with Crippen LogP contribution in [-0.2, 0) is 22.9 Å². The molecule has 1 rings (SSSR count). The SMILES string of the molecule is CNCc1ccc(OC)c(CN(C)CCS(C)(=O)=O)c1. The van der Waals surface area contributed by atoms with Crippen LogP contribution < -0.4 is 10.1 Å². The van der Waals surface area contributed by atoms with Crippen LogP contribution >= 0.6 is 0 Å². The molecule has 20 heavy (non-hydrogen) atoms. The summed E-state index contributed by atoms with van der Waals surface area (Å²) in [7, 11) is 2.54. The molecule has 0 bridgehead atoms. The van der Waals surface area contributed by atoms with Crippen molar-refractivity contribution in [2.75, 3.05) is 39.8 Å². The smallest absolute Gasteiger partial charge is 0.148 e. The highest BCUT2D eigenvalue weighted by atomic mass is 32.2. The second-order valence-electron chi connectivity index (χ2n) is 5.04. The van der Waals surface area contributed by atoms with Crippen molar-refractivity contribution in [3.05, 3.63) is 29.3 Å². The van der Waals surface area contributed by atoms with Crippen molar-refractivity contribution in [1.29, 1.82) is 0 Å². The molecule has 0 saturated carbocycles. The van der Waals surface area contributed by atoms with Gasteiger partial charge in [-0.05, 0) is 31.8 Å². The van der Waals surface area contributed by atoms with Crippen LogP contribution in [0.5, 0.6) is 5.75 Å². The van der Waals surface area contributed by atoms with E-state index in [4.69, 9.17) is 4.74 Å². The summed E-state index contributed by atoms with van der Waals surface area (Å²) in [6.07, 6.45) is 1.26. The summed E-state index contributed by atoms with van der Waals surface area (Å²) < 4.78 is 27.7. The zero-order valence-corrected chi connectivity index (χ0v) is 13.5. The normalized spacial score (nSPS) is 11.8. The summed E-state index contributed by atoms with van der Waals surface area (Å²) in [6.45, 7) is 1.97. The van der Waals surface area contributed by atoms with Crippen molar-refractivity contribution >= 4 is 9.84 Å². The average Bonchev–Trinajstić information content (AvgIpc) is 2.36. The maximum atomic E-state index is 11.2. The van der Waals surface area contributed by atoms with Crippen molar-refractivity contribution in [2.24, 2.45) is 0 Å². The second-order valence-corrected chi connectivity index (χ2v) is 7.30. The van der Waals surface area contributed by atoms with E-state index in [9.17, 15) is 8.42 Å². The van der Waals surface area contributed by atoms with Gasteiger partial charge in [-0.15, -0.1) is 0 Å². The van der Waals surface area contributed by atoms with Gasteiger partial charge in [0.15, 0.2) is 0 Å². The number of sulfone groups is 1. The van der Waals surface area contributed by atoms with Gasteiger partial charge in [0.25, 0.3) is 0 Å². The lowest BCUT2D eigenvalue weighted by atomic mass is 10.1. The van der Waals surface area contributed by atoms with E-state index >= 15 is 0 Å². The van der Waals surface area contributed by atoms with Gasteiger partial charge >= 0.3 is 0 Å². The van der Waals surface area contributed by atoms with Crippen LogP contribution in [0.15, 0.2) is 18.2 Å². The van der Waals surface area contributed by atoms with E-state index in [1.807, 2.05) is 31.1 Å². The Bertz CT molecular complexity index is 529. The van der Waals surface area contributed by atoms with Gasteiger partial charge in [-0.2, -0.15) is 0 Å². The average molecular weight is 300 g/mol. The maximum absolute atomic E-state index is 11.2. The molecular formula is C14H24N2O3S. The first-order valence-corrected chi connectivity index (χ1v) is 8.58. The highest BCUT2D eigenvalue weighted by Crippen LogP contribution is 2.21. The summed E-state index contributed by atoms with van der Waals surface area (Å²) in [6, 6.07) is 6.06. The number of nitrogens with one attached hydrogen (secondary N) is 1. The molecule has 0 atom stereocenters. The number of benzene rings is 1. The first kappa shape index (κ1) is 16.9. The summed E-state index contributed by atoms with van der Waals surface area (Å²) in [4.78, 5) is 1.99. The Hall–Kier alpha value is -1.11. The Morgan fingerprint density at radius 3 is 2.60 bits per heavy atom. The molecule has 0 aromatic heterocycles. The predicted molar refractivity (Wildman–Crippen MR) is 81.8 cm³/mol. The highest BCUT2D eigenvalue weighted by Gasteiger charge is 2.10. The molecule has 0 fully saturated rings. The standard InChI is InChI=1S/C14H24N2O3S/c1-15-10-12-5-6-14(19-3)13(9-12)11-16(2)7-8-20(4,17)18/h5-6,9,15H,7-8,10-11H2,1-4H3. The zero-order chi connectivity index (χ0) is 15.2. The third-order valence-electron chi connectivity index (χ3n) is 3.01. The molecule has 0 unspecified atom stereocenters. The minimum absolute atomic E-state index is 0.169. The van der Waals surface area contributed by atoms with Gasteiger partial charge in [0.05, 0.1) is 12.9 Å². The molecule has 0 spiro atoms. The highest BCUT2D eigenvalue weighted by molar-refractivity contribution is 7.90. The van der Waals surface area contributed by atoms with Gasteiger partial charge in [0, 0.05) is 31.5 Å². The molecule has 1 aromatic rings. The fraction of sp³-hybridized carbons (Fsp3) is 0.571. The van der Waals surface area contributed by atoms with Crippen molar-refractivity contribution in [3.8, 4) is 5.75 Å². The van der Waals surface area contributed by atoms with Crippen LogP contribution in [0.1, 0.15) is 11.1 Å². The van der Waals surface area contributed by atoms with Gasteiger partial charge in [-0.1, -0.05) is 6.07 Å². The van der Waals surface area contributed by atoms with Crippen LogP contribution in [0.4, 0.5) is 0 Å². The predicted octanol–water partition coefficient (Wildman–Crippen LogP) is 0.891. The van der Waals surface area contributed by atoms with Gasteiger partial charge in [-0.3, -0.25) is 0 Å². The summed E-state index contributed by atoms with van der Waals surface area (Å²) in [5, 5.41) is 3.11. The van der Waals surface area contributed by atoms with E-state index in [0.29, 0.717) is 13.1 Å². The number of ether oxygens (including phenoxy) is 1. The van der Waals surface area contributed by atoms with E-state index in [1.165, 1.54) is 11.8 Å². The molecule has 0 radical (unpaired) electrons. The Balaban J connectivity index is 2.75. The van der Waals surface area contributed by atoms with Crippen LogP contribution in [0, 0.1) is 0 Å². The minimum atomic E-state index is -2.93. The van der Waals surface area contributed by atoms with Gasteiger partial charge < -0.3 is 15.0 Å². The molecule has 0 aliphatic carbocycles. The fourth-order valence-electron chi connectivity index (χ4n) is 1.96. The Morgan fingerprint density at radius 1 is 1.35 bits per heavy atom. The third-order valence-corrected chi connectivity index (χ3v) is 3.93. The molecule has 1 aromatic carbocycles. The van der Waals surface area contributed by atoms with Crippen molar-refractivity contribution in [3.63, 3.8) is 0 Å².